The monoisotopic (exact) mass is 618 g/mol. The molecule has 6 atom stereocenters. The van der Waals surface area contributed by atoms with E-state index in [0.717, 1.165) is 42.6 Å². The van der Waals surface area contributed by atoms with Crippen LogP contribution in [0.1, 0.15) is 47.7 Å². The summed E-state index contributed by atoms with van der Waals surface area (Å²) in [5, 5.41) is 24.9. The van der Waals surface area contributed by atoms with Gasteiger partial charge in [-0.05, 0) is 81.9 Å². The fraction of sp³-hybridized carbons (Fsp3) is 0.559. The number of ketones is 4. The summed E-state index contributed by atoms with van der Waals surface area (Å²) in [5.41, 5.74) is 5.04. The molecule has 1 heterocycles. The van der Waals surface area contributed by atoms with E-state index in [1.165, 1.54) is 4.90 Å². The molecule has 11 heteroatoms. The molecular formula is C34H42N4O7. The van der Waals surface area contributed by atoms with Crippen LogP contribution in [0.5, 0.6) is 5.75 Å². The van der Waals surface area contributed by atoms with Gasteiger partial charge in [0.15, 0.2) is 34.7 Å². The van der Waals surface area contributed by atoms with Crippen LogP contribution in [0.2, 0.25) is 0 Å². The molecule has 2 saturated carbocycles. The third-order valence-corrected chi connectivity index (χ3v) is 10.8. The van der Waals surface area contributed by atoms with Crippen LogP contribution in [0.25, 0.3) is 10.8 Å². The van der Waals surface area contributed by atoms with Crippen LogP contribution in [0.4, 0.5) is 5.69 Å². The van der Waals surface area contributed by atoms with Gasteiger partial charge in [0.1, 0.15) is 5.75 Å². The Balaban J connectivity index is 1.46. The second-order valence-electron chi connectivity index (χ2n) is 14.1. The van der Waals surface area contributed by atoms with Gasteiger partial charge < -0.3 is 20.8 Å². The number of phenolic OH excluding ortho intramolecular Hbond substituents is 1. The number of benzene rings is 2. The van der Waals surface area contributed by atoms with Crippen LogP contribution in [-0.2, 0) is 32.1 Å². The summed E-state index contributed by atoms with van der Waals surface area (Å²) in [5.74, 6) is -9.71. The fourth-order valence-corrected chi connectivity index (χ4v) is 8.59. The summed E-state index contributed by atoms with van der Waals surface area (Å²) in [7, 11) is 6.87. The molecule has 3 aliphatic carbocycles. The summed E-state index contributed by atoms with van der Waals surface area (Å²) in [6, 6.07) is 4.79. The molecule has 2 unspecified atom stereocenters. The quantitative estimate of drug-likeness (QED) is 0.417. The molecule has 0 radical (unpaired) electrons. The van der Waals surface area contributed by atoms with Crippen molar-refractivity contribution in [3.05, 3.63) is 34.9 Å². The highest BCUT2D eigenvalue weighted by molar-refractivity contribution is 6.32. The van der Waals surface area contributed by atoms with Crippen LogP contribution in [0.15, 0.2) is 18.2 Å². The number of carbonyl (C=O) groups is 5. The van der Waals surface area contributed by atoms with E-state index < -0.39 is 64.4 Å². The molecule has 4 aliphatic rings. The van der Waals surface area contributed by atoms with Crippen LogP contribution >= 0.6 is 0 Å². The molecule has 4 N–H and O–H groups in total. The number of carbonyl (C=O) groups excluding carboxylic acids is 5. The first-order chi connectivity index (χ1) is 21.2. The lowest BCUT2D eigenvalue weighted by Crippen LogP contribution is -2.74. The second kappa shape index (κ2) is 11.0. The van der Waals surface area contributed by atoms with Crippen molar-refractivity contribution >= 4 is 45.5 Å². The number of hydrogen-bond donors (Lipinski definition) is 3. The minimum atomic E-state index is -2.74. The third kappa shape index (κ3) is 4.61. The molecule has 1 amide bonds. The average Bonchev–Trinajstić information content (AvgIpc) is 2.96. The van der Waals surface area contributed by atoms with E-state index in [2.05, 4.69) is 11.8 Å². The standard InChI is InChI=1S/C34H42N4O7/c1-16-8-10-38(11-9-16)15-17-6-7-19-20(12-17)28(39)24-21(26(19)36(2)3)13-18-14-22-27(37(4)5)30(41)25(33(35)44)32(43)34(22,45)31(42)23(18)29(24)40/h6-7,12,16,18,22-23,25,27,39,45H,8-11,13-15H2,1-5H3,(H2,35,44)/t18-,22-,23?,25?,27-,34-/m0/s1. The number of fused-ring (bicyclic) bond motifs is 4. The van der Waals surface area contributed by atoms with E-state index in [9.17, 15) is 34.2 Å². The first kappa shape index (κ1) is 31.3. The van der Waals surface area contributed by atoms with Crippen molar-refractivity contribution in [2.24, 2.45) is 35.3 Å². The number of likely N-dealkylation sites (tertiary alicyclic amines) is 1. The normalized spacial score (nSPS) is 30.8. The van der Waals surface area contributed by atoms with Crippen molar-refractivity contribution in [1.82, 2.24) is 9.80 Å². The van der Waals surface area contributed by atoms with Gasteiger partial charge in [-0.2, -0.15) is 0 Å². The van der Waals surface area contributed by atoms with E-state index in [-0.39, 0.29) is 24.2 Å². The summed E-state index contributed by atoms with van der Waals surface area (Å²) in [4.78, 5) is 73.5. The Morgan fingerprint density at radius 3 is 2.31 bits per heavy atom. The highest BCUT2D eigenvalue weighted by Gasteiger charge is 2.69. The third-order valence-electron chi connectivity index (χ3n) is 10.8. The Labute approximate surface area is 262 Å². The number of piperidine rings is 1. The summed E-state index contributed by atoms with van der Waals surface area (Å²) < 4.78 is 0. The van der Waals surface area contributed by atoms with Gasteiger partial charge in [-0.25, -0.2) is 0 Å². The van der Waals surface area contributed by atoms with Crippen molar-refractivity contribution in [3.63, 3.8) is 0 Å². The zero-order valence-corrected chi connectivity index (χ0v) is 26.5. The maximum Gasteiger partial charge on any atom is 0.235 e. The SMILES string of the molecule is CC1CCN(Cc2ccc3c(N(C)C)c4c(c(O)c3c2)C(=O)C2C(=O)[C@]3(O)C(=O)C(C(N)=O)C(=O)[C@@H](N(C)C)[C@@H]3C[C@@H]2C4)CC1. The zero-order chi connectivity index (χ0) is 32.7. The number of nitrogens with two attached hydrogens (primary N) is 1. The van der Waals surface area contributed by atoms with Crippen LogP contribution in [0.3, 0.4) is 0 Å². The van der Waals surface area contributed by atoms with Crippen LogP contribution in [-0.4, -0.2) is 102 Å². The number of nitrogens with zero attached hydrogens (tertiary/aromatic N) is 3. The number of rotatable bonds is 5. The average molecular weight is 619 g/mol. The van der Waals surface area contributed by atoms with Crippen molar-refractivity contribution in [2.75, 3.05) is 46.2 Å². The highest BCUT2D eigenvalue weighted by atomic mass is 16.3. The van der Waals surface area contributed by atoms with E-state index in [1.807, 2.05) is 37.2 Å². The predicted molar refractivity (Wildman–Crippen MR) is 167 cm³/mol. The summed E-state index contributed by atoms with van der Waals surface area (Å²) >= 11 is 0. The lowest BCUT2D eigenvalue weighted by molar-refractivity contribution is -0.181. The van der Waals surface area contributed by atoms with Gasteiger partial charge in [-0.3, -0.25) is 33.8 Å². The molecule has 6 rings (SSSR count). The molecule has 0 aromatic heterocycles. The number of phenols is 1. The van der Waals surface area contributed by atoms with E-state index in [1.54, 1.807) is 14.1 Å². The van der Waals surface area contributed by atoms with Crippen LogP contribution < -0.4 is 10.6 Å². The fourth-order valence-electron chi connectivity index (χ4n) is 8.59. The molecule has 0 spiro atoms. The molecule has 240 valence electrons. The Hall–Kier alpha value is -3.67. The number of Topliss-reactive ketones (excluding diaryl/α,β-unsaturated/α-hetero) is 4. The number of hydrogen-bond acceptors (Lipinski definition) is 10. The Morgan fingerprint density at radius 2 is 1.71 bits per heavy atom. The van der Waals surface area contributed by atoms with Gasteiger partial charge in [0.05, 0.1) is 17.5 Å². The molecule has 2 aromatic rings. The lowest BCUT2D eigenvalue weighted by Gasteiger charge is -2.52. The van der Waals surface area contributed by atoms with Crippen LogP contribution in [0, 0.1) is 29.6 Å². The molecule has 3 fully saturated rings. The first-order valence-electron chi connectivity index (χ1n) is 15.7. The van der Waals surface area contributed by atoms with Gasteiger partial charge in [0.25, 0.3) is 0 Å². The number of amides is 1. The molecule has 11 nitrogen and oxygen atoms in total. The lowest BCUT2D eigenvalue weighted by atomic mass is 9.52. The molecule has 1 aliphatic heterocycles. The maximum atomic E-state index is 14.4. The van der Waals surface area contributed by atoms with Gasteiger partial charge >= 0.3 is 0 Å². The molecule has 0 bridgehead atoms. The van der Waals surface area contributed by atoms with E-state index in [0.29, 0.717) is 23.4 Å². The smallest absolute Gasteiger partial charge is 0.235 e. The van der Waals surface area contributed by atoms with Gasteiger partial charge in [-0.1, -0.05) is 19.1 Å². The topological polar surface area (TPSA) is 162 Å². The van der Waals surface area contributed by atoms with Gasteiger partial charge in [0, 0.05) is 43.0 Å². The number of aromatic hydroxyl groups is 1. The Kier molecular flexibility index (Phi) is 7.65. The number of anilines is 1. The zero-order valence-electron chi connectivity index (χ0n) is 26.5. The number of likely N-dealkylation sites (N-methyl/N-ethyl adjacent to an activating group) is 1. The Morgan fingerprint density at radius 1 is 1.04 bits per heavy atom. The Bertz CT molecular complexity index is 1640. The molecule has 2 aromatic carbocycles. The van der Waals surface area contributed by atoms with Crippen molar-refractivity contribution in [1.29, 1.82) is 0 Å². The molecule has 45 heavy (non-hydrogen) atoms. The number of aliphatic hydroxyl groups is 1. The highest BCUT2D eigenvalue weighted by Crippen LogP contribution is 2.53. The minimum Gasteiger partial charge on any atom is -0.507 e. The summed E-state index contributed by atoms with van der Waals surface area (Å²) in [6.07, 6.45) is 2.49. The number of primary amides is 1. The van der Waals surface area contributed by atoms with Crippen molar-refractivity contribution in [2.45, 2.75) is 50.8 Å². The van der Waals surface area contributed by atoms with Gasteiger partial charge in [-0.15, -0.1) is 0 Å². The maximum absolute atomic E-state index is 14.4. The van der Waals surface area contributed by atoms with E-state index >= 15 is 0 Å². The first-order valence-corrected chi connectivity index (χ1v) is 15.7. The summed E-state index contributed by atoms with van der Waals surface area (Å²) in [6.45, 7) is 4.94. The van der Waals surface area contributed by atoms with E-state index in [4.69, 9.17) is 5.73 Å². The van der Waals surface area contributed by atoms with Gasteiger partial charge in [0.2, 0.25) is 5.91 Å². The second-order valence-corrected chi connectivity index (χ2v) is 14.1. The minimum absolute atomic E-state index is 0.0155. The molecule has 1 saturated heterocycles. The van der Waals surface area contributed by atoms with Crippen molar-refractivity contribution in [3.8, 4) is 5.75 Å². The largest absolute Gasteiger partial charge is 0.507 e. The molecular weight excluding hydrogens is 576 g/mol. The van der Waals surface area contributed by atoms with Crippen molar-refractivity contribution < 1.29 is 34.2 Å². The predicted octanol–water partition coefficient (Wildman–Crippen LogP) is 1.32.